The van der Waals surface area contributed by atoms with Crippen LogP contribution in [0.15, 0.2) is 36.4 Å². The molecule has 0 saturated carbocycles. The van der Waals surface area contributed by atoms with Crippen molar-refractivity contribution in [2.75, 3.05) is 60.2 Å². The third-order valence-corrected chi connectivity index (χ3v) is 7.36. The molecule has 0 bridgehead atoms. The quantitative estimate of drug-likeness (QED) is 0.615. The summed E-state index contributed by atoms with van der Waals surface area (Å²) in [6, 6.07) is 11.0. The predicted octanol–water partition coefficient (Wildman–Crippen LogP) is 2.38. The number of amides is 2. The summed E-state index contributed by atoms with van der Waals surface area (Å²) in [7, 11) is 3.22. The van der Waals surface area contributed by atoms with E-state index in [0.29, 0.717) is 36.6 Å². The van der Waals surface area contributed by atoms with Gasteiger partial charge in [-0.05, 0) is 54.3 Å². The second-order valence-corrected chi connectivity index (χ2v) is 9.26. The fourth-order valence-electron chi connectivity index (χ4n) is 5.59. The molecule has 186 valence electrons. The number of methoxy groups -OCH3 is 2. The van der Waals surface area contributed by atoms with E-state index in [1.807, 2.05) is 41.3 Å². The largest absolute Gasteiger partial charge is 0.493 e. The monoisotopic (exact) mass is 479 g/mol. The number of morpholine rings is 1. The van der Waals surface area contributed by atoms with Crippen molar-refractivity contribution in [2.24, 2.45) is 0 Å². The lowest BCUT2D eigenvalue weighted by molar-refractivity contribution is -0.124. The fraction of sp³-hybridized carbons (Fsp3) is 0.481. The van der Waals surface area contributed by atoms with E-state index >= 15 is 0 Å². The molecule has 3 aliphatic heterocycles. The van der Waals surface area contributed by atoms with E-state index in [4.69, 9.17) is 14.2 Å². The van der Waals surface area contributed by atoms with Crippen molar-refractivity contribution in [1.29, 1.82) is 0 Å². The zero-order chi connectivity index (χ0) is 24.4. The first-order valence-electron chi connectivity index (χ1n) is 12.3. The number of carbonyl (C=O) groups excluding carboxylic acids is 2. The van der Waals surface area contributed by atoms with Crippen LogP contribution in [0.25, 0.3) is 0 Å². The molecule has 1 N–H and O–H groups in total. The van der Waals surface area contributed by atoms with Crippen LogP contribution in [0.5, 0.6) is 11.5 Å². The maximum atomic E-state index is 13.7. The molecule has 0 aromatic heterocycles. The van der Waals surface area contributed by atoms with Crippen molar-refractivity contribution in [3.05, 3.63) is 58.7 Å². The summed E-state index contributed by atoms with van der Waals surface area (Å²) >= 11 is 0. The van der Waals surface area contributed by atoms with Crippen LogP contribution in [0.4, 0.5) is 0 Å². The van der Waals surface area contributed by atoms with Crippen LogP contribution < -0.4 is 14.8 Å². The van der Waals surface area contributed by atoms with Gasteiger partial charge in [0.1, 0.15) is 0 Å². The molecule has 0 spiro atoms. The molecule has 0 radical (unpaired) electrons. The minimum atomic E-state index is -0.496. The number of rotatable bonds is 7. The first-order chi connectivity index (χ1) is 17.1. The number of benzene rings is 2. The highest BCUT2D eigenvalue weighted by molar-refractivity contribution is 6.01. The molecule has 2 aromatic carbocycles. The molecule has 0 aliphatic carbocycles. The van der Waals surface area contributed by atoms with Crippen molar-refractivity contribution in [3.63, 3.8) is 0 Å². The van der Waals surface area contributed by atoms with Crippen LogP contribution in [-0.2, 0) is 16.0 Å². The first kappa shape index (κ1) is 23.6. The van der Waals surface area contributed by atoms with Gasteiger partial charge in [-0.2, -0.15) is 0 Å². The van der Waals surface area contributed by atoms with Crippen molar-refractivity contribution < 1.29 is 23.8 Å². The summed E-state index contributed by atoms with van der Waals surface area (Å²) in [6.45, 7) is 5.49. The van der Waals surface area contributed by atoms with Gasteiger partial charge in [0, 0.05) is 31.7 Å². The average Bonchev–Trinajstić information content (AvgIpc) is 2.91. The Kier molecular flexibility index (Phi) is 6.92. The van der Waals surface area contributed by atoms with Gasteiger partial charge in [-0.15, -0.1) is 0 Å². The van der Waals surface area contributed by atoms with Crippen LogP contribution in [-0.4, -0.2) is 81.8 Å². The van der Waals surface area contributed by atoms with Crippen LogP contribution in [0.3, 0.4) is 0 Å². The number of nitrogens with zero attached hydrogens (tertiary/aromatic N) is 2. The summed E-state index contributed by atoms with van der Waals surface area (Å²) in [5.74, 6) is 0.687. The van der Waals surface area contributed by atoms with Gasteiger partial charge >= 0.3 is 0 Å². The van der Waals surface area contributed by atoms with Gasteiger partial charge < -0.3 is 24.4 Å². The van der Waals surface area contributed by atoms with Crippen LogP contribution in [0.2, 0.25) is 0 Å². The SMILES string of the molecule is COc1cc2c(cc1OC)C1C(C(=O)NCCCN3CCOCC3)c3ccccc3C(=O)N1CC2. The number of carbonyl (C=O) groups is 2. The number of nitrogens with one attached hydrogen (secondary N) is 1. The number of hydrogen-bond donors (Lipinski definition) is 1. The Balaban J connectivity index is 1.44. The standard InChI is InChI=1S/C27H33N3O5/c1-33-22-16-18-8-11-30-25(21(18)17-23(22)34-2)24(19-6-3-4-7-20(19)27(30)32)26(31)28-9-5-10-29-12-14-35-15-13-29/h3-4,6-7,16-17,24-25H,5,8-15H2,1-2H3,(H,28,31). The fourth-order valence-corrected chi connectivity index (χ4v) is 5.59. The molecule has 3 heterocycles. The molecule has 2 amide bonds. The molecular formula is C27H33N3O5. The van der Waals surface area contributed by atoms with E-state index in [2.05, 4.69) is 10.2 Å². The van der Waals surface area contributed by atoms with E-state index in [9.17, 15) is 9.59 Å². The third-order valence-electron chi connectivity index (χ3n) is 7.36. The van der Waals surface area contributed by atoms with E-state index in [1.54, 1.807) is 14.2 Å². The van der Waals surface area contributed by atoms with Crippen molar-refractivity contribution in [2.45, 2.75) is 24.8 Å². The Morgan fingerprint density at radius 3 is 2.57 bits per heavy atom. The summed E-state index contributed by atoms with van der Waals surface area (Å²) in [5, 5.41) is 3.17. The smallest absolute Gasteiger partial charge is 0.254 e. The second-order valence-electron chi connectivity index (χ2n) is 9.26. The molecule has 8 nitrogen and oxygen atoms in total. The van der Waals surface area contributed by atoms with Gasteiger partial charge in [-0.3, -0.25) is 14.5 Å². The first-order valence-corrected chi connectivity index (χ1v) is 12.3. The lowest BCUT2D eigenvalue weighted by Crippen LogP contribution is -2.50. The van der Waals surface area contributed by atoms with Crippen LogP contribution >= 0.6 is 0 Å². The van der Waals surface area contributed by atoms with Gasteiger partial charge in [-0.1, -0.05) is 18.2 Å². The zero-order valence-corrected chi connectivity index (χ0v) is 20.4. The normalized spacial score (nSPS) is 21.5. The lowest BCUT2D eigenvalue weighted by atomic mass is 9.75. The van der Waals surface area contributed by atoms with Gasteiger partial charge in [0.05, 0.1) is 39.4 Å². The molecule has 2 aromatic rings. The maximum absolute atomic E-state index is 13.7. The Morgan fingerprint density at radius 1 is 1.06 bits per heavy atom. The topological polar surface area (TPSA) is 80.3 Å². The molecule has 1 fully saturated rings. The summed E-state index contributed by atoms with van der Waals surface area (Å²) in [6.07, 6.45) is 1.57. The highest BCUT2D eigenvalue weighted by Gasteiger charge is 2.46. The Labute approximate surface area is 206 Å². The molecule has 35 heavy (non-hydrogen) atoms. The molecule has 5 rings (SSSR count). The Bertz CT molecular complexity index is 1100. The molecule has 2 unspecified atom stereocenters. The summed E-state index contributed by atoms with van der Waals surface area (Å²) in [4.78, 5) is 31.4. The van der Waals surface area contributed by atoms with Crippen LogP contribution in [0, 0.1) is 0 Å². The van der Waals surface area contributed by atoms with E-state index in [0.717, 1.165) is 56.0 Å². The average molecular weight is 480 g/mol. The van der Waals surface area contributed by atoms with E-state index in [-0.39, 0.29) is 17.9 Å². The molecule has 2 atom stereocenters. The summed E-state index contributed by atoms with van der Waals surface area (Å²) in [5.41, 5.74) is 3.43. The Hall–Kier alpha value is -3.10. The minimum absolute atomic E-state index is 0.0256. The maximum Gasteiger partial charge on any atom is 0.254 e. The minimum Gasteiger partial charge on any atom is -0.493 e. The number of ether oxygens (including phenoxy) is 3. The lowest BCUT2D eigenvalue weighted by Gasteiger charge is -2.45. The van der Waals surface area contributed by atoms with Gasteiger partial charge in [0.15, 0.2) is 11.5 Å². The second kappa shape index (κ2) is 10.3. The Morgan fingerprint density at radius 2 is 1.80 bits per heavy atom. The van der Waals surface area contributed by atoms with Crippen molar-refractivity contribution in [3.8, 4) is 11.5 Å². The van der Waals surface area contributed by atoms with Crippen LogP contribution in [0.1, 0.15) is 45.4 Å². The highest BCUT2D eigenvalue weighted by Crippen LogP contribution is 2.48. The molecular weight excluding hydrogens is 446 g/mol. The molecule has 1 saturated heterocycles. The predicted molar refractivity (Wildman–Crippen MR) is 131 cm³/mol. The number of hydrogen-bond acceptors (Lipinski definition) is 6. The van der Waals surface area contributed by atoms with Gasteiger partial charge in [0.25, 0.3) is 5.91 Å². The van der Waals surface area contributed by atoms with E-state index in [1.165, 1.54) is 0 Å². The van der Waals surface area contributed by atoms with E-state index < -0.39 is 5.92 Å². The van der Waals surface area contributed by atoms with Gasteiger partial charge in [0.2, 0.25) is 5.91 Å². The number of fused-ring (bicyclic) bond motifs is 4. The summed E-state index contributed by atoms with van der Waals surface area (Å²) < 4.78 is 16.5. The van der Waals surface area contributed by atoms with Gasteiger partial charge in [-0.25, -0.2) is 0 Å². The molecule has 3 aliphatic rings. The van der Waals surface area contributed by atoms with Crippen molar-refractivity contribution >= 4 is 11.8 Å². The zero-order valence-electron chi connectivity index (χ0n) is 20.4. The third kappa shape index (κ3) is 4.48. The highest BCUT2D eigenvalue weighted by atomic mass is 16.5. The van der Waals surface area contributed by atoms with Crippen molar-refractivity contribution in [1.82, 2.24) is 15.1 Å². The molecule has 8 heteroatoms.